The molecule has 0 bridgehead atoms. The normalized spacial score (nSPS) is 16.0. The minimum Gasteiger partial charge on any atom is -0.278 e. The maximum Gasteiger partial charge on any atom is 0.410 e. The molecule has 5 heteroatoms. The molecule has 0 saturated heterocycles. The zero-order valence-corrected chi connectivity index (χ0v) is 18.7. The molecule has 0 fully saturated rings. The van der Waals surface area contributed by atoms with Crippen molar-refractivity contribution in [1.29, 1.82) is 0 Å². The fraction of sp³-hybridized carbons (Fsp3) is 1.00. The summed E-state index contributed by atoms with van der Waals surface area (Å²) >= 11 is 14.3. The van der Waals surface area contributed by atoms with Crippen LogP contribution >= 0.6 is 22.2 Å². The van der Waals surface area contributed by atoms with Gasteiger partial charge in [-0.1, -0.05) is 0 Å². The van der Waals surface area contributed by atoms with Gasteiger partial charge in [0.15, 0.2) is 0 Å². The molecule has 128 valence electrons. The molecule has 0 aromatic carbocycles. The van der Waals surface area contributed by atoms with Crippen LogP contribution in [0, 0.1) is 0 Å². The third-order valence-corrected chi connectivity index (χ3v) is 9.01. The second-order valence-corrected chi connectivity index (χ2v) is 15.5. The van der Waals surface area contributed by atoms with E-state index in [0.29, 0.717) is 0 Å². The minimum absolute atomic E-state index is 0.108. The first-order valence-corrected chi connectivity index (χ1v) is 11.6. The molecule has 0 radical (unpaired) electrons. The van der Waals surface area contributed by atoms with E-state index in [1.807, 2.05) is 0 Å². The van der Waals surface area contributed by atoms with Gasteiger partial charge in [-0.3, -0.25) is 9.13 Å². The van der Waals surface area contributed by atoms with Crippen LogP contribution in [0.5, 0.6) is 0 Å². The highest BCUT2D eigenvalue weighted by atomic mass is 35.7. The summed E-state index contributed by atoms with van der Waals surface area (Å²) in [5, 5.41) is 0. The molecule has 2 nitrogen and oxygen atoms in total. The van der Waals surface area contributed by atoms with Crippen LogP contribution in [0.2, 0.25) is 0 Å². The molecule has 0 aromatic rings. The van der Waals surface area contributed by atoms with Crippen molar-refractivity contribution in [3.63, 3.8) is 0 Å². The summed E-state index contributed by atoms with van der Waals surface area (Å²) < 4.78 is 4.65. The number of hydrogen-bond donors (Lipinski definition) is 0. The van der Waals surface area contributed by atoms with Gasteiger partial charge < -0.3 is 0 Å². The van der Waals surface area contributed by atoms with E-state index in [2.05, 4.69) is 92.2 Å². The number of halogens is 2. The first kappa shape index (κ1) is 21.7. The van der Waals surface area contributed by atoms with E-state index in [1.165, 1.54) is 0 Å². The standard InChI is InChI=1S/C16H36Cl2N2Si/c1-13(2,3)19(14(4,5)6)21(17,18)20(15(7,8)9)16(10,11)12/h1-12H3. The van der Waals surface area contributed by atoms with Crippen molar-refractivity contribution in [2.24, 2.45) is 0 Å². The first-order valence-electron chi connectivity index (χ1n) is 7.72. The Balaban J connectivity index is 6.21. The van der Waals surface area contributed by atoms with Crippen molar-refractivity contribution in [1.82, 2.24) is 9.13 Å². The average Bonchev–Trinajstić information content (AvgIpc) is 1.84. The van der Waals surface area contributed by atoms with E-state index in [9.17, 15) is 0 Å². The van der Waals surface area contributed by atoms with Gasteiger partial charge in [0.25, 0.3) is 0 Å². The van der Waals surface area contributed by atoms with Crippen LogP contribution in [0.1, 0.15) is 83.1 Å². The van der Waals surface area contributed by atoms with Gasteiger partial charge in [0.1, 0.15) is 0 Å². The smallest absolute Gasteiger partial charge is 0.278 e. The molecular weight excluding hydrogens is 319 g/mol. The zero-order valence-electron chi connectivity index (χ0n) is 16.2. The lowest BCUT2D eigenvalue weighted by Crippen LogP contribution is -2.75. The van der Waals surface area contributed by atoms with Crippen molar-refractivity contribution in [3.8, 4) is 0 Å². The van der Waals surface area contributed by atoms with Gasteiger partial charge in [-0.25, -0.2) is 0 Å². The van der Waals surface area contributed by atoms with Crippen molar-refractivity contribution >= 4 is 29.2 Å². The average molecular weight is 355 g/mol. The summed E-state index contributed by atoms with van der Waals surface area (Å²) in [6.07, 6.45) is 0. The van der Waals surface area contributed by atoms with Gasteiger partial charge in [0, 0.05) is 22.2 Å². The lowest BCUT2D eigenvalue weighted by molar-refractivity contribution is 0.0700. The second-order valence-electron chi connectivity index (χ2n) is 9.86. The van der Waals surface area contributed by atoms with Gasteiger partial charge in [0.2, 0.25) is 0 Å². The molecule has 21 heavy (non-hydrogen) atoms. The molecule has 0 aliphatic carbocycles. The highest BCUT2D eigenvalue weighted by Gasteiger charge is 2.58. The van der Waals surface area contributed by atoms with E-state index in [4.69, 9.17) is 22.2 Å². The Bertz CT molecular complexity index is 292. The highest BCUT2D eigenvalue weighted by molar-refractivity contribution is 7.42. The Kier molecular flexibility index (Phi) is 6.18. The van der Waals surface area contributed by atoms with Crippen LogP contribution in [0.4, 0.5) is 0 Å². The molecule has 0 amide bonds. The van der Waals surface area contributed by atoms with Crippen molar-refractivity contribution in [3.05, 3.63) is 0 Å². The fourth-order valence-electron chi connectivity index (χ4n) is 3.73. The largest absolute Gasteiger partial charge is 0.410 e. The Hall–Kier alpha value is 0.717. The zero-order chi connectivity index (χ0) is 17.7. The molecule has 0 rings (SSSR count). The Morgan fingerprint density at radius 2 is 0.619 bits per heavy atom. The topological polar surface area (TPSA) is 6.48 Å². The van der Waals surface area contributed by atoms with Crippen LogP contribution in [-0.2, 0) is 0 Å². The number of rotatable bonds is 2. The van der Waals surface area contributed by atoms with E-state index < -0.39 is 7.02 Å². The molecule has 0 saturated carbocycles. The maximum atomic E-state index is 7.16. The molecule has 0 heterocycles. The molecule has 0 aromatic heterocycles. The van der Waals surface area contributed by atoms with Crippen LogP contribution in [0.3, 0.4) is 0 Å². The molecule has 0 aliphatic heterocycles. The summed E-state index contributed by atoms with van der Waals surface area (Å²) in [7, 11) is -2.89. The molecular formula is C16H36Cl2N2Si. The summed E-state index contributed by atoms with van der Waals surface area (Å²) in [5.41, 5.74) is -0.434. The van der Waals surface area contributed by atoms with E-state index >= 15 is 0 Å². The summed E-state index contributed by atoms with van der Waals surface area (Å²) in [6.45, 7) is 26.3. The molecule has 0 spiro atoms. The maximum absolute atomic E-state index is 7.16. The van der Waals surface area contributed by atoms with Gasteiger partial charge in [-0.15, -0.1) is 22.2 Å². The van der Waals surface area contributed by atoms with E-state index in [1.54, 1.807) is 0 Å². The van der Waals surface area contributed by atoms with Crippen LogP contribution in [0.25, 0.3) is 0 Å². The van der Waals surface area contributed by atoms with Crippen molar-refractivity contribution in [2.45, 2.75) is 105 Å². The Labute approximate surface area is 143 Å². The lowest BCUT2D eigenvalue weighted by atomic mass is 10.0. The third-order valence-electron chi connectivity index (χ3n) is 3.22. The first-order chi connectivity index (χ1) is 8.73. The molecule has 0 unspecified atom stereocenters. The Morgan fingerprint density at radius 1 is 0.476 bits per heavy atom. The summed E-state index contributed by atoms with van der Waals surface area (Å²) in [5.74, 6) is 0. The predicted octanol–water partition coefficient (Wildman–Crippen LogP) is 5.70. The predicted molar refractivity (Wildman–Crippen MR) is 100 cm³/mol. The van der Waals surface area contributed by atoms with Gasteiger partial charge in [-0.2, -0.15) is 0 Å². The lowest BCUT2D eigenvalue weighted by Gasteiger charge is -2.59. The summed E-state index contributed by atoms with van der Waals surface area (Å²) in [4.78, 5) is 0. The summed E-state index contributed by atoms with van der Waals surface area (Å²) in [6, 6.07) is 0. The fourth-order valence-corrected chi connectivity index (χ4v) is 13.2. The van der Waals surface area contributed by atoms with Gasteiger partial charge in [0.05, 0.1) is 0 Å². The Morgan fingerprint density at radius 3 is 0.714 bits per heavy atom. The quantitative estimate of drug-likeness (QED) is 0.463. The van der Waals surface area contributed by atoms with Gasteiger partial charge >= 0.3 is 7.02 Å². The highest BCUT2D eigenvalue weighted by Crippen LogP contribution is 2.44. The molecule has 0 atom stereocenters. The SMILES string of the molecule is CC(C)(C)N(C(C)(C)C)[Si](Cl)(Cl)N(C(C)(C)C)C(C)(C)C. The molecule has 0 N–H and O–H groups in total. The number of hydrogen-bond acceptors (Lipinski definition) is 2. The van der Waals surface area contributed by atoms with Crippen LogP contribution in [-0.4, -0.2) is 38.3 Å². The molecule has 0 aliphatic rings. The van der Waals surface area contributed by atoms with Crippen molar-refractivity contribution < 1.29 is 0 Å². The van der Waals surface area contributed by atoms with E-state index in [-0.39, 0.29) is 22.2 Å². The van der Waals surface area contributed by atoms with Gasteiger partial charge in [-0.05, 0) is 83.1 Å². The van der Waals surface area contributed by atoms with E-state index in [0.717, 1.165) is 0 Å². The van der Waals surface area contributed by atoms with Crippen LogP contribution < -0.4 is 0 Å². The monoisotopic (exact) mass is 354 g/mol. The van der Waals surface area contributed by atoms with Crippen molar-refractivity contribution in [2.75, 3.05) is 0 Å². The third kappa shape index (κ3) is 5.38. The minimum atomic E-state index is -2.89. The second kappa shape index (κ2) is 5.97. The van der Waals surface area contributed by atoms with Crippen LogP contribution in [0.15, 0.2) is 0 Å². The number of nitrogens with zero attached hydrogens (tertiary/aromatic N) is 2.